The zero-order valence-corrected chi connectivity index (χ0v) is 21.3. The van der Waals surface area contributed by atoms with Crippen LogP contribution in [0.4, 0.5) is 10.2 Å². The van der Waals surface area contributed by atoms with E-state index in [1.807, 2.05) is 0 Å². The Morgan fingerprint density at radius 3 is 2.38 bits per heavy atom. The maximum atomic E-state index is 13.8. The SMILES string of the molecule is CC(C)(Oc1cc(F)c(Cl)cc1Cl)C(=O)NC1C[C@H]2CC[C@@H](C1)N2c1ccc(S(C)(=O)=O)cn1. The Morgan fingerprint density at radius 2 is 1.82 bits per heavy atom. The Balaban J connectivity index is 1.42. The highest BCUT2D eigenvalue weighted by Gasteiger charge is 2.43. The largest absolute Gasteiger partial charge is 0.476 e. The van der Waals surface area contributed by atoms with Gasteiger partial charge in [0.15, 0.2) is 15.4 Å². The van der Waals surface area contributed by atoms with Gasteiger partial charge < -0.3 is 15.0 Å². The monoisotopic (exact) mass is 529 g/mol. The zero-order valence-electron chi connectivity index (χ0n) is 19.0. The number of anilines is 1. The molecule has 34 heavy (non-hydrogen) atoms. The Labute approximate surface area is 208 Å². The van der Waals surface area contributed by atoms with E-state index in [2.05, 4.69) is 15.2 Å². The van der Waals surface area contributed by atoms with E-state index in [0.29, 0.717) is 0 Å². The normalized spacial score (nSPS) is 22.5. The summed E-state index contributed by atoms with van der Waals surface area (Å²) in [6.07, 6.45) is 5.93. The highest BCUT2D eigenvalue weighted by atomic mass is 35.5. The Bertz CT molecular complexity index is 1190. The minimum atomic E-state index is -3.30. The van der Waals surface area contributed by atoms with Crippen molar-refractivity contribution in [1.29, 1.82) is 0 Å². The van der Waals surface area contributed by atoms with Crippen LogP contribution in [-0.2, 0) is 14.6 Å². The number of aromatic nitrogens is 1. The first-order valence-electron chi connectivity index (χ1n) is 10.9. The van der Waals surface area contributed by atoms with E-state index in [4.69, 9.17) is 27.9 Å². The number of hydrogen-bond donors (Lipinski definition) is 1. The van der Waals surface area contributed by atoms with Gasteiger partial charge in [0.1, 0.15) is 17.4 Å². The molecular formula is C23H26Cl2FN3O4S. The van der Waals surface area contributed by atoms with Crippen molar-refractivity contribution in [2.24, 2.45) is 0 Å². The average Bonchev–Trinajstić information content (AvgIpc) is 3.01. The highest BCUT2D eigenvalue weighted by molar-refractivity contribution is 7.90. The van der Waals surface area contributed by atoms with E-state index < -0.39 is 21.3 Å². The number of amides is 1. The van der Waals surface area contributed by atoms with Crippen LogP contribution in [0.5, 0.6) is 5.75 Å². The third kappa shape index (κ3) is 5.11. The quantitative estimate of drug-likeness (QED) is 0.557. The van der Waals surface area contributed by atoms with Gasteiger partial charge in [-0.2, -0.15) is 0 Å². The molecule has 1 N–H and O–H groups in total. The van der Waals surface area contributed by atoms with Gasteiger partial charge in [0.25, 0.3) is 5.91 Å². The van der Waals surface area contributed by atoms with Gasteiger partial charge in [-0.05, 0) is 57.7 Å². The van der Waals surface area contributed by atoms with Gasteiger partial charge in [-0.3, -0.25) is 4.79 Å². The van der Waals surface area contributed by atoms with Crippen molar-refractivity contribution in [3.8, 4) is 5.75 Å². The zero-order chi connectivity index (χ0) is 24.8. The van der Waals surface area contributed by atoms with E-state index in [1.54, 1.807) is 26.0 Å². The highest BCUT2D eigenvalue weighted by Crippen LogP contribution is 2.39. The number of rotatable bonds is 6. The molecule has 0 radical (unpaired) electrons. The van der Waals surface area contributed by atoms with E-state index in [9.17, 15) is 17.6 Å². The molecule has 2 aromatic rings. The van der Waals surface area contributed by atoms with E-state index in [0.717, 1.165) is 43.8 Å². The molecule has 3 atom stereocenters. The first-order valence-corrected chi connectivity index (χ1v) is 13.6. The Hall–Kier alpha value is -2.10. The molecule has 0 saturated carbocycles. The predicted octanol–water partition coefficient (Wildman–Crippen LogP) is 4.40. The molecule has 184 valence electrons. The van der Waals surface area contributed by atoms with Crippen molar-refractivity contribution in [2.45, 2.75) is 68.2 Å². The van der Waals surface area contributed by atoms with Gasteiger partial charge in [0.05, 0.1) is 14.9 Å². The lowest BCUT2D eigenvalue weighted by Crippen LogP contribution is -2.55. The first-order chi connectivity index (χ1) is 15.8. The summed E-state index contributed by atoms with van der Waals surface area (Å²) in [7, 11) is -3.30. The number of pyridine rings is 1. The van der Waals surface area contributed by atoms with E-state index in [1.165, 1.54) is 12.3 Å². The third-order valence-electron chi connectivity index (χ3n) is 6.37. The van der Waals surface area contributed by atoms with Crippen molar-refractivity contribution in [3.63, 3.8) is 0 Å². The van der Waals surface area contributed by atoms with Crippen LogP contribution in [0.25, 0.3) is 0 Å². The summed E-state index contributed by atoms with van der Waals surface area (Å²) in [5.74, 6) is -0.221. The van der Waals surface area contributed by atoms with Crippen LogP contribution in [-0.4, -0.2) is 49.3 Å². The second-order valence-corrected chi connectivity index (χ2v) is 12.2. The second-order valence-electron chi connectivity index (χ2n) is 9.37. The van der Waals surface area contributed by atoms with E-state index in [-0.39, 0.29) is 44.7 Å². The molecule has 7 nitrogen and oxygen atoms in total. The van der Waals surface area contributed by atoms with Crippen LogP contribution in [0.2, 0.25) is 10.0 Å². The lowest BCUT2D eigenvalue weighted by Gasteiger charge is -2.40. The van der Waals surface area contributed by atoms with Gasteiger partial charge in [0, 0.05) is 36.6 Å². The molecule has 2 fully saturated rings. The average molecular weight is 530 g/mol. The molecule has 1 amide bonds. The second kappa shape index (κ2) is 9.17. The van der Waals surface area contributed by atoms with E-state index >= 15 is 0 Å². The van der Waals surface area contributed by atoms with Gasteiger partial charge >= 0.3 is 0 Å². The van der Waals surface area contributed by atoms with Gasteiger partial charge in [-0.1, -0.05) is 23.2 Å². The number of halogens is 3. The third-order valence-corrected chi connectivity index (χ3v) is 8.05. The molecule has 0 aliphatic carbocycles. The minimum absolute atomic E-state index is 0.0437. The summed E-state index contributed by atoms with van der Waals surface area (Å²) in [6.45, 7) is 3.20. The summed E-state index contributed by atoms with van der Waals surface area (Å²) >= 11 is 11.8. The van der Waals surface area contributed by atoms with Crippen LogP contribution in [0.3, 0.4) is 0 Å². The molecule has 2 saturated heterocycles. The predicted molar refractivity (Wildman–Crippen MR) is 129 cm³/mol. The molecular weight excluding hydrogens is 504 g/mol. The maximum absolute atomic E-state index is 13.8. The summed E-state index contributed by atoms with van der Waals surface area (Å²) in [5, 5.41) is 3.07. The standard InChI is InChI=1S/C23H26Cl2FN3O4S/c1-23(2,33-20-11-19(26)17(24)10-18(20)25)22(30)28-13-8-14-4-5-15(9-13)29(14)21-7-6-16(12-27-21)34(3,31)32/h6-7,10-15H,4-5,8-9H2,1-3H3,(H,28,30)/t13?,14-,15+. The molecule has 1 aromatic heterocycles. The van der Waals surface area contributed by atoms with Crippen molar-refractivity contribution >= 4 is 44.8 Å². The summed E-state index contributed by atoms with van der Waals surface area (Å²) in [4.78, 5) is 19.8. The topological polar surface area (TPSA) is 88.6 Å². The fourth-order valence-electron chi connectivity index (χ4n) is 4.68. The number of nitrogens with zero attached hydrogens (tertiary/aromatic N) is 2. The number of fused-ring (bicyclic) bond motifs is 2. The number of nitrogens with one attached hydrogen (secondary N) is 1. The number of benzene rings is 1. The van der Waals surface area contributed by atoms with Gasteiger partial charge in [-0.25, -0.2) is 17.8 Å². The smallest absolute Gasteiger partial charge is 0.263 e. The van der Waals surface area contributed by atoms with Crippen LogP contribution < -0.4 is 15.0 Å². The number of ether oxygens (including phenoxy) is 1. The number of sulfone groups is 1. The Morgan fingerprint density at radius 1 is 1.18 bits per heavy atom. The molecule has 2 aliphatic heterocycles. The van der Waals surface area contributed by atoms with Crippen molar-refractivity contribution in [2.75, 3.05) is 11.2 Å². The summed E-state index contributed by atoms with van der Waals surface area (Å²) in [6, 6.07) is 5.94. The van der Waals surface area contributed by atoms with Crippen LogP contribution in [0.1, 0.15) is 39.5 Å². The maximum Gasteiger partial charge on any atom is 0.263 e. The molecule has 3 heterocycles. The molecule has 2 bridgehead atoms. The number of carbonyl (C=O) groups excluding carboxylic acids is 1. The molecule has 1 unspecified atom stereocenters. The summed E-state index contributed by atoms with van der Waals surface area (Å²) < 4.78 is 43.0. The molecule has 2 aliphatic rings. The van der Waals surface area contributed by atoms with Crippen molar-refractivity contribution in [3.05, 3.63) is 46.3 Å². The molecule has 4 rings (SSSR count). The number of carbonyl (C=O) groups is 1. The fourth-order valence-corrected chi connectivity index (χ4v) is 5.66. The molecule has 1 aromatic carbocycles. The van der Waals surface area contributed by atoms with Crippen LogP contribution in [0, 0.1) is 5.82 Å². The fraction of sp³-hybridized carbons (Fsp3) is 0.478. The summed E-state index contributed by atoms with van der Waals surface area (Å²) in [5.41, 5.74) is -1.29. The Kier molecular flexibility index (Phi) is 6.74. The lowest BCUT2D eigenvalue weighted by molar-refractivity contribution is -0.135. The molecule has 11 heteroatoms. The van der Waals surface area contributed by atoms with Crippen molar-refractivity contribution in [1.82, 2.24) is 10.3 Å². The van der Waals surface area contributed by atoms with Gasteiger partial charge in [0.2, 0.25) is 0 Å². The first kappa shape index (κ1) is 25.0. The molecule has 0 spiro atoms. The van der Waals surface area contributed by atoms with Crippen molar-refractivity contribution < 1.29 is 22.3 Å². The van der Waals surface area contributed by atoms with Crippen LogP contribution in [0.15, 0.2) is 35.4 Å². The van der Waals surface area contributed by atoms with Gasteiger partial charge in [-0.15, -0.1) is 0 Å². The minimum Gasteiger partial charge on any atom is -0.476 e. The number of hydrogen-bond acceptors (Lipinski definition) is 6. The lowest BCUT2D eigenvalue weighted by atomic mass is 9.96. The van der Waals surface area contributed by atoms with Crippen LogP contribution >= 0.6 is 23.2 Å². The number of piperidine rings is 1.